The summed E-state index contributed by atoms with van der Waals surface area (Å²) in [5.41, 5.74) is 4.12. The Morgan fingerprint density at radius 2 is 1.46 bits per heavy atom. The molecule has 0 spiro atoms. The summed E-state index contributed by atoms with van der Waals surface area (Å²) in [5.74, 6) is 0. The van der Waals surface area contributed by atoms with Crippen molar-refractivity contribution in [3.8, 4) is 0 Å². The van der Waals surface area contributed by atoms with E-state index in [1.54, 1.807) is 0 Å². The van der Waals surface area contributed by atoms with Crippen LogP contribution in [0.3, 0.4) is 0 Å². The molecule has 0 aromatic heterocycles. The minimum Gasteiger partial charge on any atom is -0.378 e. The van der Waals surface area contributed by atoms with Gasteiger partial charge in [0, 0.05) is 31.9 Å². The summed E-state index contributed by atoms with van der Waals surface area (Å²) < 4.78 is 5.51. The summed E-state index contributed by atoms with van der Waals surface area (Å²) in [6.45, 7) is 5.48. The molecule has 3 aromatic rings. The summed E-state index contributed by atoms with van der Waals surface area (Å²) in [7, 11) is 2.21. The van der Waals surface area contributed by atoms with Crippen LogP contribution in [0.25, 0.3) is 10.8 Å². The first-order chi connectivity index (χ1) is 12.8. The fourth-order valence-corrected chi connectivity index (χ4v) is 3.83. The molecule has 0 N–H and O–H groups in total. The van der Waals surface area contributed by atoms with Gasteiger partial charge < -0.3 is 9.64 Å². The van der Waals surface area contributed by atoms with Gasteiger partial charge in [-0.05, 0) is 35.0 Å². The Balaban J connectivity index is 1.52. The van der Waals surface area contributed by atoms with Gasteiger partial charge in [0.25, 0.3) is 0 Å². The van der Waals surface area contributed by atoms with Crippen molar-refractivity contribution in [3.63, 3.8) is 0 Å². The summed E-state index contributed by atoms with van der Waals surface area (Å²) in [6.07, 6.45) is 0. The van der Waals surface area contributed by atoms with Crippen LogP contribution in [0.5, 0.6) is 0 Å². The van der Waals surface area contributed by atoms with E-state index in [1.165, 1.54) is 27.6 Å². The predicted octanol–water partition coefficient (Wildman–Crippen LogP) is 4.31. The second-order valence-electron chi connectivity index (χ2n) is 7.04. The third-order valence-electron chi connectivity index (χ3n) is 5.10. The van der Waals surface area contributed by atoms with E-state index >= 15 is 0 Å². The minimum atomic E-state index is 0.820. The van der Waals surface area contributed by atoms with Gasteiger partial charge in [-0.2, -0.15) is 0 Å². The van der Waals surface area contributed by atoms with Crippen LogP contribution in [0.4, 0.5) is 5.69 Å². The van der Waals surface area contributed by atoms with Crippen molar-refractivity contribution < 1.29 is 4.74 Å². The van der Waals surface area contributed by atoms with E-state index in [0.29, 0.717) is 0 Å². The summed E-state index contributed by atoms with van der Waals surface area (Å²) >= 11 is 0. The normalized spacial score (nSPS) is 14.9. The molecule has 134 valence electrons. The molecule has 1 saturated heterocycles. The highest BCUT2D eigenvalue weighted by Gasteiger charge is 2.15. The molecule has 0 saturated carbocycles. The molecule has 0 unspecified atom stereocenters. The van der Waals surface area contributed by atoms with Crippen molar-refractivity contribution in [2.24, 2.45) is 0 Å². The van der Waals surface area contributed by atoms with Crippen molar-refractivity contribution in [1.29, 1.82) is 0 Å². The van der Waals surface area contributed by atoms with Crippen molar-refractivity contribution in [3.05, 3.63) is 77.9 Å². The Kier molecular flexibility index (Phi) is 5.19. The molecule has 1 aliphatic heterocycles. The molecule has 1 aliphatic rings. The highest BCUT2D eigenvalue weighted by molar-refractivity contribution is 5.85. The molecule has 1 fully saturated rings. The Labute approximate surface area is 155 Å². The van der Waals surface area contributed by atoms with Gasteiger partial charge in [-0.15, -0.1) is 0 Å². The molecule has 3 heteroatoms. The fourth-order valence-electron chi connectivity index (χ4n) is 3.83. The number of fused-ring (bicyclic) bond motifs is 1. The molecule has 3 nitrogen and oxygen atoms in total. The first kappa shape index (κ1) is 17.1. The maximum Gasteiger partial charge on any atom is 0.0642 e. The van der Waals surface area contributed by atoms with Crippen molar-refractivity contribution in [2.75, 3.05) is 38.3 Å². The van der Waals surface area contributed by atoms with Gasteiger partial charge in [-0.3, -0.25) is 4.90 Å². The smallest absolute Gasteiger partial charge is 0.0642 e. The molecule has 0 radical (unpaired) electrons. The third-order valence-corrected chi connectivity index (χ3v) is 5.10. The van der Waals surface area contributed by atoms with Gasteiger partial charge in [-0.1, -0.05) is 60.7 Å². The summed E-state index contributed by atoms with van der Waals surface area (Å²) in [5, 5.41) is 2.66. The zero-order valence-corrected chi connectivity index (χ0v) is 15.4. The molecule has 1 heterocycles. The lowest BCUT2D eigenvalue weighted by molar-refractivity contribution is 0.122. The molecule has 0 atom stereocenters. The highest BCUT2D eigenvalue weighted by atomic mass is 16.5. The summed E-state index contributed by atoms with van der Waals surface area (Å²) in [6, 6.07) is 24.0. The average Bonchev–Trinajstić information content (AvgIpc) is 2.69. The first-order valence-corrected chi connectivity index (χ1v) is 9.37. The fraction of sp³-hybridized carbons (Fsp3) is 0.304. The maximum atomic E-state index is 5.51. The predicted molar refractivity (Wildman–Crippen MR) is 109 cm³/mol. The van der Waals surface area contributed by atoms with E-state index in [9.17, 15) is 0 Å². The number of hydrogen-bond donors (Lipinski definition) is 0. The molecule has 0 bridgehead atoms. The minimum absolute atomic E-state index is 0.820. The number of benzene rings is 3. The topological polar surface area (TPSA) is 15.7 Å². The molecule has 3 aromatic carbocycles. The van der Waals surface area contributed by atoms with Crippen LogP contribution < -0.4 is 4.90 Å². The zero-order chi connectivity index (χ0) is 17.8. The summed E-state index contributed by atoms with van der Waals surface area (Å²) in [4.78, 5) is 4.85. The number of ether oxygens (including phenoxy) is 1. The molecule has 0 aliphatic carbocycles. The van der Waals surface area contributed by atoms with Gasteiger partial charge in [0.1, 0.15) is 0 Å². The molecular formula is C23H26N2O. The second-order valence-corrected chi connectivity index (χ2v) is 7.04. The van der Waals surface area contributed by atoms with Crippen molar-refractivity contribution in [2.45, 2.75) is 13.1 Å². The average molecular weight is 346 g/mol. The van der Waals surface area contributed by atoms with Gasteiger partial charge in [-0.25, -0.2) is 0 Å². The second kappa shape index (κ2) is 7.90. The lowest BCUT2D eigenvalue weighted by Gasteiger charge is -2.31. The van der Waals surface area contributed by atoms with E-state index in [4.69, 9.17) is 4.74 Å². The quantitative estimate of drug-likeness (QED) is 0.685. The number of nitrogens with zero attached hydrogens (tertiary/aromatic N) is 2. The Morgan fingerprint density at radius 1 is 0.808 bits per heavy atom. The van der Waals surface area contributed by atoms with Crippen LogP contribution in [0.2, 0.25) is 0 Å². The van der Waals surface area contributed by atoms with E-state index in [-0.39, 0.29) is 0 Å². The third kappa shape index (κ3) is 3.74. The number of rotatable bonds is 5. The van der Waals surface area contributed by atoms with E-state index in [2.05, 4.69) is 83.6 Å². The first-order valence-electron chi connectivity index (χ1n) is 9.37. The molecule has 4 rings (SSSR count). The van der Waals surface area contributed by atoms with E-state index in [0.717, 1.165) is 39.4 Å². The number of anilines is 1. The number of hydrogen-bond acceptors (Lipinski definition) is 3. The Bertz CT molecular complexity index is 865. The van der Waals surface area contributed by atoms with Crippen LogP contribution in [-0.4, -0.2) is 38.3 Å². The highest BCUT2D eigenvalue weighted by Crippen LogP contribution is 2.24. The van der Waals surface area contributed by atoms with Crippen LogP contribution in [-0.2, 0) is 17.8 Å². The van der Waals surface area contributed by atoms with Crippen LogP contribution in [0, 0.1) is 0 Å². The van der Waals surface area contributed by atoms with Crippen LogP contribution in [0.15, 0.2) is 66.7 Å². The van der Waals surface area contributed by atoms with Crippen molar-refractivity contribution >= 4 is 16.5 Å². The van der Waals surface area contributed by atoms with Gasteiger partial charge in [0.15, 0.2) is 0 Å². The molecular weight excluding hydrogens is 320 g/mol. The van der Waals surface area contributed by atoms with Crippen molar-refractivity contribution in [1.82, 2.24) is 4.90 Å². The van der Waals surface area contributed by atoms with Gasteiger partial charge in [0.05, 0.1) is 13.2 Å². The monoisotopic (exact) mass is 346 g/mol. The van der Waals surface area contributed by atoms with Crippen LogP contribution >= 0.6 is 0 Å². The lowest BCUT2D eigenvalue weighted by atomic mass is 10.0. The van der Waals surface area contributed by atoms with Gasteiger partial charge >= 0.3 is 0 Å². The zero-order valence-electron chi connectivity index (χ0n) is 15.4. The number of para-hydroxylation sites is 1. The molecule has 26 heavy (non-hydrogen) atoms. The standard InChI is InChI=1S/C23H26N2O/c1-24(17-20-10-6-9-19-7-2-4-11-22(19)20)18-21-8-3-5-12-23(21)25-13-15-26-16-14-25/h2-12H,13-18H2,1H3. The SMILES string of the molecule is CN(Cc1ccccc1N1CCOCC1)Cc1cccc2ccccc12. The largest absolute Gasteiger partial charge is 0.378 e. The molecule has 0 amide bonds. The Morgan fingerprint density at radius 3 is 2.35 bits per heavy atom. The number of morpholine rings is 1. The Hall–Kier alpha value is -2.36. The van der Waals surface area contributed by atoms with Crippen LogP contribution in [0.1, 0.15) is 11.1 Å². The van der Waals surface area contributed by atoms with Gasteiger partial charge in [0.2, 0.25) is 0 Å². The van der Waals surface area contributed by atoms with E-state index < -0.39 is 0 Å². The lowest BCUT2D eigenvalue weighted by Crippen LogP contribution is -2.37. The maximum absolute atomic E-state index is 5.51. The van der Waals surface area contributed by atoms with E-state index in [1.807, 2.05) is 0 Å².